The number of benzene rings is 1. The Morgan fingerprint density at radius 3 is 2.61 bits per heavy atom. The van der Waals surface area contributed by atoms with Gasteiger partial charge in [-0.15, -0.1) is 0 Å². The highest BCUT2D eigenvalue weighted by atomic mass is 19.1. The summed E-state index contributed by atoms with van der Waals surface area (Å²) in [6.45, 7) is 2.63. The van der Waals surface area contributed by atoms with Gasteiger partial charge in [-0.1, -0.05) is 6.07 Å². The van der Waals surface area contributed by atoms with Gasteiger partial charge in [0.25, 0.3) is 0 Å². The van der Waals surface area contributed by atoms with Crippen molar-refractivity contribution in [3.05, 3.63) is 42.0 Å². The van der Waals surface area contributed by atoms with Gasteiger partial charge in [0, 0.05) is 18.1 Å². The van der Waals surface area contributed by atoms with Gasteiger partial charge in [-0.25, -0.2) is 13.8 Å². The molecule has 1 fully saturated rings. The highest BCUT2D eigenvalue weighted by Gasteiger charge is 2.22. The van der Waals surface area contributed by atoms with Crippen molar-refractivity contribution in [3.63, 3.8) is 0 Å². The standard InChI is InChI=1S/C21H23F2NO4/c1-2-26-20(25)7-4-10-27-21-16(22)11-15(12-17(21)23)18-5-3-6-19(24-18)28-13-14-8-9-14/h3,5-6,11-12,14H,2,4,7-10,13H2,1H3. The van der Waals surface area contributed by atoms with Gasteiger partial charge in [-0.05, 0) is 50.3 Å². The number of ether oxygens (including phenoxy) is 3. The predicted molar refractivity (Wildman–Crippen MR) is 99.2 cm³/mol. The lowest BCUT2D eigenvalue weighted by Crippen LogP contribution is -2.08. The van der Waals surface area contributed by atoms with Crippen molar-refractivity contribution < 1.29 is 27.8 Å². The summed E-state index contributed by atoms with van der Waals surface area (Å²) in [5.74, 6) is -1.45. The molecule has 2 aromatic rings. The van der Waals surface area contributed by atoms with E-state index in [0.29, 0.717) is 42.7 Å². The van der Waals surface area contributed by atoms with Crippen LogP contribution in [-0.2, 0) is 9.53 Å². The van der Waals surface area contributed by atoms with Crippen LogP contribution >= 0.6 is 0 Å². The number of carbonyl (C=O) groups is 1. The van der Waals surface area contributed by atoms with Gasteiger partial charge in [-0.2, -0.15) is 0 Å². The van der Waals surface area contributed by atoms with E-state index in [1.165, 1.54) is 12.1 Å². The van der Waals surface area contributed by atoms with Gasteiger partial charge in [0.05, 0.1) is 25.5 Å². The molecule has 3 rings (SSSR count). The summed E-state index contributed by atoms with van der Waals surface area (Å²) in [6.07, 6.45) is 2.77. The van der Waals surface area contributed by atoms with Crippen LogP contribution in [0.4, 0.5) is 8.78 Å². The smallest absolute Gasteiger partial charge is 0.305 e. The van der Waals surface area contributed by atoms with Gasteiger partial charge < -0.3 is 14.2 Å². The summed E-state index contributed by atoms with van der Waals surface area (Å²) in [4.78, 5) is 15.6. The highest BCUT2D eigenvalue weighted by molar-refractivity contribution is 5.69. The molecule has 7 heteroatoms. The highest BCUT2D eigenvalue weighted by Crippen LogP contribution is 2.31. The number of pyridine rings is 1. The van der Waals surface area contributed by atoms with Crippen LogP contribution in [0.15, 0.2) is 30.3 Å². The second-order valence-corrected chi connectivity index (χ2v) is 6.64. The SMILES string of the molecule is CCOC(=O)CCCOc1c(F)cc(-c2cccc(OCC3CC3)n2)cc1F. The maximum Gasteiger partial charge on any atom is 0.305 e. The Bertz CT molecular complexity index is 801. The van der Waals surface area contributed by atoms with E-state index in [-0.39, 0.29) is 19.0 Å². The molecule has 1 saturated carbocycles. The fourth-order valence-corrected chi connectivity index (χ4v) is 2.61. The van der Waals surface area contributed by atoms with E-state index in [1.807, 2.05) is 0 Å². The number of aromatic nitrogens is 1. The van der Waals surface area contributed by atoms with Crippen LogP contribution in [0.3, 0.4) is 0 Å². The molecule has 0 saturated heterocycles. The zero-order chi connectivity index (χ0) is 19.9. The Morgan fingerprint density at radius 2 is 1.93 bits per heavy atom. The molecule has 1 heterocycles. The van der Waals surface area contributed by atoms with E-state index in [9.17, 15) is 13.6 Å². The molecule has 0 N–H and O–H groups in total. The Labute approximate surface area is 162 Å². The molecule has 0 radical (unpaired) electrons. The van der Waals surface area contributed by atoms with E-state index >= 15 is 0 Å². The first-order valence-electron chi connectivity index (χ1n) is 9.44. The van der Waals surface area contributed by atoms with E-state index in [2.05, 4.69) is 4.98 Å². The molecule has 0 unspecified atom stereocenters. The Kier molecular flexibility index (Phi) is 6.79. The normalized spacial score (nSPS) is 13.2. The van der Waals surface area contributed by atoms with Gasteiger partial charge >= 0.3 is 5.97 Å². The molecule has 150 valence electrons. The quantitative estimate of drug-likeness (QED) is 0.440. The summed E-state index contributed by atoms with van der Waals surface area (Å²) < 4.78 is 44.3. The topological polar surface area (TPSA) is 57.7 Å². The summed E-state index contributed by atoms with van der Waals surface area (Å²) >= 11 is 0. The molecule has 0 bridgehead atoms. The molecule has 1 aromatic heterocycles. The van der Waals surface area contributed by atoms with Crippen molar-refractivity contribution in [1.82, 2.24) is 4.98 Å². The number of halogens is 2. The van der Waals surface area contributed by atoms with Crippen molar-refractivity contribution in [3.8, 4) is 22.9 Å². The predicted octanol–water partition coefficient (Wildman–Crippen LogP) is 4.54. The Balaban J connectivity index is 1.62. The summed E-state index contributed by atoms with van der Waals surface area (Å²) in [5.41, 5.74) is 0.714. The molecular formula is C21H23F2NO4. The minimum absolute atomic E-state index is 0.00867. The third-order valence-electron chi connectivity index (χ3n) is 4.26. The van der Waals surface area contributed by atoms with Gasteiger partial charge in [0.2, 0.25) is 5.88 Å². The first-order valence-corrected chi connectivity index (χ1v) is 9.44. The number of rotatable bonds is 10. The van der Waals surface area contributed by atoms with Crippen LogP contribution in [0.25, 0.3) is 11.3 Å². The van der Waals surface area contributed by atoms with Crippen LogP contribution in [0.1, 0.15) is 32.6 Å². The first-order chi connectivity index (χ1) is 13.6. The molecule has 1 aliphatic carbocycles. The van der Waals surface area contributed by atoms with Crippen molar-refractivity contribution in [2.75, 3.05) is 19.8 Å². The average molecular weight is 391 g/mol. The molecule has 5 nitrogen and oxygen atoms in total. The van der Waals surface area contributed by atoms with Crippen LogP contribution in [0, 0.1) is 17.6 Å². The van der Waals surface area contributed by atoms with E-state index < -0.39 is 17.4 Å². The molecule has 0 amide bonds. The molecule has 0 aliphatic heterocycles. The monoisotopic (exact) mass is 391 g/mol. The van der Waals surface area contributed by atoms with E-state index in [4.69, 9.17) is 14.2 Å². The summed E-state index contributed by atoms with van der Waals surface area (Å²) in [6, 6.07) is 7.48. The zero-order valence-electron chi connectivity index (χ0n) is 15.7. The van der Waals surface area contributed by atoms with Crippen LogP contribution in [0.5, 0.6) is 11.6 Å². The van der Waals surface area contributed by atoms with Crippen LogP contribution < -0.4 is 9.47 Å². The second-order valence-electron chi connectivity index (χ2n) is 6.64. The summed E-state index contributed by atoms with van der Waals surface area (Å²) in [7, 11) is 0. The largest absolute Gasteiger partial charge is 0.488 e. The lowest BCUT2D eigenvalue weighted by Gasteiger charge is -2.11. The Hall–Kier alpha value is -2.70. The maximum absolute atomic E-state index is 14.4. The van der Waals surface area contributed by atoms with Crippen LogP contribution in [-0.4, -0.2) is 30.8 Å². The number of hydrogen-bond acceptors (Lipinski definition) is 5. The maximum atomic E-state index is 14.4. The molecular weight excluding hydrogens is 368 g/mol. The fourth-order valence-electron chi connectivity index (χ4n) is 2.61. The average Bonchev–Trinajstić information content (AvgIpc) is 3.50. The van der Waals surface area contributed by atoms with Gasteiger partial charge in [0.1, 0.15) is 0 Å². The fraction of sp³-hybridized carbons (Fsp3) is 0.429. The molecule has 0 atom stereocenters. The van der Waals surface area contributed by atoms with Crippen LogP contribution in [0.2, 0.25) is 0 Å². The van der Waals surface area contributed by atoms with Gasteiger partial charge in [0.15, 0.2) is 17.4 Å². The molecule has 0 spiro atoms. The zero-order valence-corrected chi connectivity index (χ0v) is 15.7. The lowest BCUT2D eigenvalue weighted by molar-refractivity contribution is -0.143. The van der Waals surface area contributed by atoms with Crippen molar-refractivity contribution in [2.24, 2.45) is 5.92 Å². The number of esters is 1. The second kappa shape index (κ2) is 9.48. The third-order valence-corrected chi connectivity index (χ3v) is 4.26. The lowest BCUT2D eigenvalue weighted by atomic mass is 10.1. The number of hydrogen-bond donors (Lipinski definition) is 0. The van der Waals surface area contributed by atoms with E-state index in [1.54, 1.807) is 25.1 Å². The number of carbonyl (C=O) groups excluding carboxylic acids is 1. The third kappa shape index (κ3) is 5.65. The first kappa shape index (κ1) is 20.0. The van der Waals surface area contributed by atoms with Crippen molar-refractivity contribution >= 4 is 5.97 Å². The van der Waals surface area contributed by atoms with Crippen molar-refractivity contribution in [1.29, 1.82) is 0 Å². The molecule has 1 aromatic carbocycles. The van der Waals surface area contributed by atoms with E-state index in [0.717, 1.165) is 12.8 Å². The Morgan fingerprint density at radius 1 is 1.18 bits per heavy atom. The minimum atomic E-state index is -0.822. The minimum Gasteiger partial charge on any atom is -0.488 e. The van der Waals surface area contributed by atoms with Crippen molar-refractivity contribution in [2.45, 2.75) is 32.6 Å². The van der Waals surface area contributed by atoms with Gasteiger partial charge in [-0.3, -0.25) is 4.79 Å². The number of nitrogens with zero attached hydrogens (tertiary/aromatic N) is 1. The molecule has 28 heavy (non-hydrogen) atoms. The summed E-state index contributed by atoms with van der Waals surface area (Å²) in [5, 5.41) is 0. The molecule has 1 aliphatic rings.